The summed E-state index contributed by atoms with van der Waals surface area (Å²) in [5.74, 6) is -0.676. The summed E-state index contributed by atoms with van der Waals surface area (Å²) in [5, 5.41) is 2.55. The predicted octanol–water partition coefficient (Wildman–Crippen LogP) is -1.00. The first kappa shape index (κ1) is 20.5. The van der Waals surface area contributed by atoms with Gasteiger partial charge in [0, 0.05) is 48.9 Å². The average molecular weight is 406 g/mol. The Bertz CT molecular complexity index is 1310. The van der Waals surface area contributed by atoms with Crippen LogP contribution in [-0.4, -0.2) is 70.7 Å². The van der Waals surface area contributed by atoms with Gasteiger partial charge in [0.05, 0.1) is 17.2 Å². The second kappa shape index (κ2) is 8.03. The topological polar surface area (TPSA) is 157 Å². The van der Waals surface area contributed by atoms with Crippen LogP contribution in [-0.2, 0) is 16.1 Å². The molecule has 3 N–H and O–H groups in total. The molecule has 0 saturated heterocycles. The number of fused-ring (bicyclic) bond motifs is 1. The van der Waals surface area contributed by atoms with Crippen molar-refractivity contribution in [2.24, 2.45) is 0 Å². The second-order valence-corrected chi connectivity index (χ2v) is 5.82. The molecule has 0 atom stereocenters. The Hall–Kier alpha value is -3.22. The molecule has 5 heterocycles. The van der Waals surface area contributed by atoms with E-state index in [2.05, 4.69) is 25.3 Å². The molecule has 5 rings (SSSR count). The smallest absolute Gasteiger partial charge is 0.332 e. The fourth-order valence-corrected chi connectivity index (χ4v) is 2.83. The molecule has 4 aromatic heterocycles. The van der Waals surface area contributed by atoms with Gasteiger partial charge in [-0.1, -0.05) is 0 Å². The number of nitrogens with zero attached hydrogens (tertiary/aromatic N) is 4. The number of imidazole rings is 2. The number of hydrogen-bond acceptors (Lipinski definition) is 7. The summed E-state index contributed by atoms with van der Waals surface area (Å²) in [6.45, 7) is 1.07. The van der Waals surface area contributed by atoms with Crippen molar-refractivity contribution < 1.29 is 14.4 Å². The number of pyridine rings is 2. The molecule has 4 aromatic rings. The molecule has 1 aliphatic rings. The monoisotopic (exact) mass is 406 g/mol. The predicted molar refractivity (Wildman–Crippen MR) is 102 cm³/mol. The Morgan fingerprint density at radius 3 is 2.62 bits per heavy atom. The van der Waals surface area contributed by atoms with E-state index in [4.69, 9.17) is 4.84 Å². The van der Waals surface area contributed by atoms with E-state index in [0.29, 0.717) is 11.0 Å². The molecule has 143 valence electrons. The summed E-state index contributed by atoms with van der Waals surface area (Å²) < 4.78 is 2.09. The maximum Gasteiger partial charge on any atom is 0.363 e. The van der Waals surface area contributed by atoms with Crippen LogP contribution in [0.3, 0.4) is 0 Å². The molecule has 0 aliphatic carbocycles. The first-order valence-corrected chi connectivity index (χ1v) is 8.05. The number of carbonyl (C=O) groups excluding carboxylic acids is 2. The number of amides is 1. The van der Waals surface area contributed by atoms with Crippen LogP contribution in [0.15, 0.2) is 40.3 Å². The first-order chi connectivity index (χ1) is 13.4. The van der Waals surface area contributed by atoms with E-state index in [1.54, 1.807) is 18.5 Å². The van der Waals surface area contributed by atoms with E-state index in [1.807, 2.05) is 0 Å². The van der Waals surface area contributed by atoms with Gasteiger partial charge in [0.15, 0.2) is 5.82 Å². The molecule has 0 unspecified atom stereocenters. The minimum atomic E-state index is -0.618. The maximum atomic E-state index is 12.0. The molecule has 0 aromatic carbocycles. The van der Waals surface area contributed by atoms with E-state index < -0.39 is 11.7 Å². The van der Waals surface area contributed by atoms with Crippen molar-refractivity contribution in [1.82, 2.24) is 29.2 Å². The number of hydrogen-bond donors (Lipinski definition) is 3. The van der Waals surface area contributed by atoms with Gasteiger partial charge in [-0.3, -0.25) is 14.3 Å². The fraction of sp³-hybridized carbons (Fsp3) is 0.125. The molecule has 1 amide bonds. The van der Waals surface area contributed by atoms with Crippen LogP contribution >= 0.6 is 0 Å². The van der Waals surface area contributed by atoms with Gasteiger partial charge in [-0.2, -0.15) is 0 Å². The zero-order valence-corrected chi connectivity index (χ0v) is 17.4. The van der Waals surface area contributed by atoms with E-state index in [0.717, 1.165) is 15.8 Å². The standard InChI is InChI=1S/C10H8N4O4.C6H5N3O.Na/c1-5(15)18-14-6-2-3-11-9-8(6)13(10(14)17)4-7(16)12-9;10-6-8-4-1-2-7-3-5(4)9-6;/h2-3H,4H2,1H3,(H,11,12,16);1-3H,(H2,8,9,10);. The molecule has 0 bridgehead atoms. The second-order valence-electron chi connectivity index (χ2n) is 5.82. The van der Waals surface area contributed by atoms with E-state index in [1.165, 1.54) is 23.8 Å². The van der Waals surface area contributed by atoms with Gasteiger partial charge in [0.1, 0.15) is 17.6 Å². The first-order valence-electron chi connectivity index (χ1n) is 8.05. The van der Waals surface area contributed by atoms with Crippen molar-refractivity contribution in [2.45, 2.75) is 13.5 Å². The van der Waals surface area contributed by atoms with Crippen LogP contribution in [0.4, 0.5) is 5.82 Å². The van der Waals surface area contributed by atoms with Crippen molar-refractivity contribution in [3.8, 4) is 0 Å². The Labute approximate surface area is 183 Å². The van der Waals surface area contributed by atoms with Crippen LogP contribution in [0.2, 0.25) is 0 Å². The molecular weight excluding hydrogens is 393 g/mol. The van der Waals surface area contributed by atoms with E-state index in [-0.39, 0.29) is 53.5 Å². The number of carbonyl (C=O) groups is 2. The van der Waals surface area contributed by atoms with Crippen LogP contribution in [0, 0.1) is 0 Å². The van der Waals surface area contributed by atoms with Crippen LogP contribution < -0.4 is 21.5 Å². The van der Waals surface area contributed by atoms with Crippen molar-refractivity contribution in [1.29, 1.82) is 0 Å². The van der Waals surface area contributed by atoms with Gasteiger partial charge in [-0.15, -0.1) is 4.73 Å². The third kappa shape index (κ3) is 3.85. The minimum absolute atomic E-state index is 0. The van der Waals surface area contributed by atoms with Crippen molar-refractivity contribution in [3.05, 3.63) is 51.7 Å². The number of H-pyrrole nitrogens is 2. The zero-order valence-electron chi connectivity index (χ0n) is 15.4. The Balaban J connectivity index is 0.000000186. The largest absolute Gasteiger partial charge is 0.363 e. The van der Waals surface area contributed by atoms with Gasteiger partial charge in [-0.05, 0) is 12.1 Å². The number of rotatable bonds is 1. The van der Waals surface area contributed by atoms with Crippen molar-refractivity contribution in [2.75, 3.05) is 5.32 Å². The maximum absolute atomic E-state index is 12.0. The van der Waals surface area contributed by atoms with Crippen molar-refractivity contribution >= 4 is 69.3 Å². The Kier molecular flexibility index (Phi) is 5.68. The summed E-state index contributed by atoms with van der Waals surface area (Å²) >= 11 is 0. The third-order valence-electron chi connectivity index (χ3n) is 3.89. The molecule has 0 spiro atoms. The number of anilines is 1. The molecule has 0 saturated carbocycles. The average Bonchev–Trinajstić information content (AvgIpc) is 3.15. The normalized spacial score (nSPS) is 12.0. The summed E-state index contributed by atoms with van der Waals surface area (Å²) in [6, 6.07) is 3.28. The number of aromatic nitrogens is 6. The Morgan fingerprint density at radius 1 is 1.14 bits per heavy atom. The summed E-state index contributed by atoms with van der Waals surface area (Å²) in [4.78, 5) is 62.9. The third-order valence-corrected chi connectivity index (χ3v) is 3.89. The summed E-state index contributed by atoms with van der Waals surface area (Å²) in [7, 11) is 0. The van der Waals surface area contributed by atoms with Gasteiger partial charge in [0.25, 0.3) is 0 Å². The van der Waals surface area contributed by atoms with Gasteiger partial charge < -0.3 is 20.1 Å². The van der Waals surface area contributed by atoms with E-state index >= 15 is 0 Å². The SMILES string of the molecule is CC(=O)On1c(=O)n2c3c(nccc31)NC(=O)C2.O=c1[nH]c2ccncc2[nH]1.[Na]. The molecule has 0 fully saturated rings. The quantitative estimate of drug-likeness (QED) is 0.342. The summed E-state index contributed by atoms with van der Waals surface area (Å²) in [6.07, 6.45) is 4.66. The molecule has 13 heteroatoms. The fourth-order valence-electron chi connectivity index (χ4n) is 2.83. The van der Waals surface area contributed by atoms with E-state index in [9.17, 15) is 19.2 Å². The van der Waals surface area contributed by atoms with Crippen LogP contribution in [0.25, 0.3) is 22.1 Å². The summed E-state index contributed by atoms with van der Waals surface area (Å²) in [5.41, 5.74) is 1.60. The molecule has 12 nitrogen and oxygen atoms in total. The minimum Gasteiger partial charge on any atom is -0.332 e. The number of aromatic amines is 2. The van der Waals surface area contributed by atoms with Crippen molar-refractivity contribution in [3.63, 3.8) is 0 Å². The van der Waals surface area contributed by atoms with Gasteiger partial charge >= 0.3 is 17.3 Å². The zero-order chi connectivity index (χ0) is 19.8. The molecule has 1 radical (unpaired) electrons. The molecule has 1 aliphatic heterocycles. The van der Waals surface area contributed by atoms with Crippen LogP contribution in [0.1, 0.15) is 6.92 Å². The van der Waals surface area contributed by atoms with Crippen LogP contribution in [0.5, 0.6) is 0 Å². The van der Waals surface area contributed by atoms with Gasteiger partial charge in [-0.25, -0.2) is 19.4 Å². The molecule has 29 heavy (non-hydrogen) atoms. The molecular formula is C16H13N7NaO5. The van der Waals surface area contributed by atoms with Gasteiger partial charge in [0.2, 0.25) is 5.91 Å². The Morgan fingerprint density at radius 2 is 1.90 bits per heavy atom. The number of nitrogens with one attached hydrogen (secondary N) is 3.